The molecule has 4 heterocycles. The Kier molecular flexibility index (Phi) is 17.7. The second kappa shape index (κ2) is 22.4. The predicted octanol–water partition coefficient (Wildman–Crippen LogP) is 6.24. The van der Waals surface area contributed by atoms with Gasteiger partial charge in [-0.1, -0.05) is 78.0 Å². The number of Topliss-reactive ketones (excluding diaryl/α,β-unsaturated/α-hetero) is 1. The SMILES string of the molecule is CC[C@H]1OC(=O)[C@H](C)[C@@H](OC(=O)C(C)C)[C@H](C)[C@@H](O[C@@H]2O[C@H](C)C[C@H](N(C)C)[C@H]2OC(C)=O)[C@](C)(OC(=O)NC/C=C/c2ccc(-c3ccn(C)n3)cc2)C[C@@H](C)C(=O)[C@H](C)[C@H]2NC(=O)O[C@@]21C. The highest BCUT2D eigenvalue weighted by Crippen LogP contribution is 2.42. The van der Waals surface area contributed by atoms with Gasteiger partial charge in [0, 0.05) is 50.0 Å². The summed E-state index contributed by atoms with van der Waals surface area (Å²) in [5.74, 6) is -6.87. The maximum Gasteiger partial charge on any atom is 0.408 e. The molecule has 14 atom stereocenters. The number of fused-ring (bicyclic) bond motifs is 1. The van der Waals surface area contributed by atoms with E-state index in [4.69, 9.17) is 33.2 Å². The number of benzene rings is 1. The Bertz CT molecular complexity index is 2140. The Morgan fingerprint density at radius 2 is 1.68 bits per heavy atom. The van der Waals surface area contributed by atoms with Crippen LogP contribution in [0, 0.1) is 29.6 Å². The zero-order valence-electron chi connectivity index (χ0n) is 42.1. The molecule has 3 aliphatic heterocycles. The minimum atomic E-state index is -1.78. The summed E-state index contributed by atoms with van der Waals surface area (Å²) in [7, 11) is 5.55. The highest BCUT2D eigenvalue weighted by molar-refractivity contribution is 5.85. The summed E-state index contributed by atoms with van der Waals surface area (Å²) in [4.78, 5) is 84.8. The third-order valence-corrected chi connectivity index (χ3v) is 13.6. The fraction of sp³-hybridized carbons (Fsp3) is 0.660. The Labute approximate surface area is 400 Å². The van der Waals surface area contributed by atoms with E-state index in [2.05, 4.69) is 15.7 Å². The lowest BCUT2D eigenvalue weighted by atomic mass is 9.73. The first-order valence-corrected chi connectivity index (χ1v) is 23.7. The fourth-order valence-corrected chi connectivity index (χ4v) is 9.93. The third kappa shape index (κ3) is 12.5. The number of rotatable bonds is 12. The molecule has 0 radical (unpaired) electrons. The second-order valence-electron chi connectivity index (χ2n) is 19.7. The molecule has 3 aliphatic rings. The Balaban J connectivity index is 1.60. The van der Waals surface area contributed by atoms with Gasteiger partial charge < -0.3 is 48.7 Å². The number of carbonyl (C=O) groups excluding carboxylic acids is 6. The van der Waals surface area contributed by atoms with Crippen molar-refractivity contribution in [3.05, 3.63) is 48.2 Å². The number of nitrogens with one attached hydrogen (secondary N) is 2. The number of nitrogens with zero attached hydrogens (tertiary/aromatic N) is 3. The Morgan fingerprint density at radius 1 is 1.00 bits per heavy atom. The fourth-order valence-electron chi connectivity index (χ4n) is 9.93. The molecule has 0 bridgehead atoms. The van der Waals surface area contributed by atoms with E-state index in [0.29, 0.717) is 6.42 Å². The molecule has 68 heavy (non-hydrogen) atoms. The zero-order valence-corrected chi connectivity index (χ0v) is 42.1. The first-order valence-electron chi connectivity index (χ1n) is 23.7. The van der Waals surface area contributed by atoms with Crippen molar-refractivity contribution < 1.29 is 61.9 Å². The van der Waals surface area contributed by atoms with Gasteiger partial charge in [-0.05, 0) is 72.7 Å². The average molecular weight is 952 g/mol. The number of carbonyl (C=O) groups is 6. The maximum atomic E-state index is 14.8. The van der Waals surface area contributed by atoms with Crippen LogP contribution in [0.3, 0.4) is 0 Å². The van der Waals surface area contributed by atoms with Gasteiger partial charge in [0.25, 0.3) is 0 Å². The first kappa shape index (κ1) is 53.6. The molecular formula is C50H73N5O13. The highest BCUT2D eigenvalue weighted by Gasteiger charge is 2.58. The molecule has 2 N–H and O–H groups in total. The van der Waals surface area contributed by atoms with Crippen molar-refractivity contribution >= 4 is 42.0 Å². The van der Waals surface area contributed by atoms with Crippen molar-refractivity contribution in [2.24, 2.45) is 36.6 Å². The van der Waals surface area contributed by atoms with Crippen LogP contribution in [0.15, 0.2) is 42.6 Å². The summed E-state index contributed by atoms with van der Waals surface area (Å²) < 4.78 is 45.9. The first-order chi connectivity index (χ1) is 31.9. The summed E-state index contributed by atoms with van der Waals surface area (Å²) in [6, 6.07) is 8.38. The molecule has 2 aromatic rings. The molecule has 0 unspecified atom stereocenters. The van der Waals surface area contributed by atoms with Crippen LogP contribution in [0.1, 0.15) is 101 Å². The Morgan fingerprint density at radius 3 is 2.26 bits per heavy atom. The van der Waals surface area contributed by atoms with E-state index in [1.165, 1.54) is 6.92 Å². The van der Waals surface area contributed by atoms with Crippen molar-refractivity contribution in [1.29, 1.82) is 0 Å². The molecule has 3 saturated heterocycles. The van der Waals surface area contributed by atoms with E-state index in [1.807, 2.05) is 75.6 Å². The number of cyclic esters (lactones) is 1. The van der Waals surface area contributed by atoms with E-state index in [0.717, 1.165) is 16.8 Å². The number of hydrogen-bond acceptors (Lipinski definition) is 15. The molecule has 5 rings (SSSR count). The van der Waals surface area contributed by atoms with Crippen LogP contribution in [0.5, 0.6) is 0 Å². The van der Waals surface area contributed by atoms with Gasteiger partial charge in [-0.3, -0.25) is 23.9 Å². The molecule has 1 aromatic heterocycles. The monoisotopic (exact) mass is 952 g/mol. The summed E-state index contributed by atoms with van der Waals surface area (Å²) in [5, 5.41) is 10.0. The van der Waals surface area contributed by atoms with Gasteiger partial charge in [0.05, 0.1) is 35.7 Å². The zero-order chi connectivity index (χ0) is 50.4. The standard InChI is InChI=1S/C50H73N5O13/c1-15-38-50(11)42(52-48(61)68-50)30(6)39(57)28(4)26-49(10,67-47(60)51-23-16-17-34-18-20-35(21-19-34)36-22-24-55(14)53-36)43(31(7)40(32(8)45(59)64-38)65-44(58)27(2)3)66-46-41(63-33(9)56)37(54(12)13)25-29(5)62-46/h16-22,24,27-32,37-38,40-43,46H,15,23,25-26H2,1-14H3,(H,51,60)(H,52,61)/b17-16+/t28-,29-,30+,31+,32-,37+,38-,40+,41-,42-,43-,46+,49-,50-/m1/s1. The van der Waals surface area contributed by atoms with Gasteiger partial charge in [0.1, 0.15) is 29.7 Å². The van der Waals surface area contributed by atoms with E-state index < -0.39 is 114 Å². The van der Waals surface area contributed by atoms with Crippen LogP contribution < -0.4 is 10.6 Å². The molecule has 376 valence electrons. The highest BCUT2D eigenvalue weighted by atomic mass is 16.7. The van der Waals surface area contributed by atoms with Crippen LogP contribution in [0.25, 0.3) is 17.3 Å². The third-order valence-electron chi connectivity index (χ3n) is 13.6. The van der Waals surface area contributed by atoms with Gasteiger partial charge in [0.2, 0.25) is 0 Å². The van der Waals surface area contributed by atoms with Crippen molar-refractivity contribution in [3.8, 4) is 11.3 Å². The quantitative estimate of drug-likeness (QED) is 0.178. The Hall–Kier alpha value is -5.33. The lowest BCUT2D eigenvalue weighted by Crippen LogP contribution is -2.62. The molecule has 1 aromatic carbocycles. The number of ketones is 1. The number of likely N-dealkylation sites (N-methyl/N-ethyl adjacent to an activating group) is 1. The minimum Gasteiger partial charge on any atom is -0.461 e. The number of alkyl carbamates (subject to hydrolysis) is 2. The second-order valence-corrected chi connectivity index (χ2v) is 19.7. The summed E-state index contributed by atoms with van der Waals surface area (Å²) in [6.07, 6.45) is -1.95. The molecule has 0 spiro atoms. The van der Waals surface area contributed by atoms with Gasteiger partial charge >= 0.3 is 30.1 Å². The number of aromatic nitrogens is 2. The van der Waals surface area contributed by atoms with Crippen LogP contribution in [-0.2, 0) is 59.4 Å². The number of esters is 3. The molecule has 0 saturated carbocycles. The van der Waals surface area contributed by atoms with Crippen molar-refractivity contribution in [3.63, 3.8) is 0 Å². The molecular weight excluding hydrogens is 879 g/mol. The van der Waals surface area contributed by atoms with Crippen molar-refractivity contribution in [2.45, 2.75) is 156 Å². The van der Waals surface area contributed by atoms with Crippen molar-refractivity contribution in [1.82, 2.24) is 25.3 Å². The topological polar surface area (TPSA) is 212 Å². The maximum absolute atomic E-state index is 14.8. The molecule has 0 aliphatic carbocycles. The predicted molar refractivity (Wildman–Crippen MR) is 250 cm³/mol. The number of ether oxygens (including phenoxy) is 7. The van der Waals surface area contributed by atoms with Gasteiger partial charge in [-0.15, -0.1) is 0 Å². The lowest BCUT2D eigenvalue weighted by molar-refractivity contribution is -0.301. The number of amides is 2. The van der Waals surface area contributed by atoms with Crippen LogP contribution in [0.2, 0.25) is 0 Å². The van der Waals surface area contributed by atoms with E-state index in [1.54, 1.807) is 73.1 Å². The average Bonchev–Trinajstić information content (AvgIpc) is 3.85. The lowest BCUT2D eigenvalue weighted by Gasteiger charge is -2.48. The molecule has 2 amide bonds. The number of hydrogen-bond donors (Lipinski definition) is 2. The van der Waals surface area contributed by atoms with Crippen LogP contribution in [0.4, 0.5) is 9.59 Å². The summed E-state index contributed by atoms with van der Waals surface area (Å²) in [6.45, 7) is 18.1. The summed E-state index contributed by atoms with van der Waals surface area (Å²) in [5.41, 5.74) is -0.582. The smallest absolute Gasteiger partial charge is 0.408 e. The largest absolute Gasteiger partial charge is 0.461 e. The van der Waals surface area contributed by atoms with E-state index in [9.17, 15) is 28.8 Å². The van der Waals surface area contributed by atoms with Crippen LogP contribution in [-0.4, -0.2) is 131 Å². The van der Waals surface area contributed by atoms with Gasteiger partial charge in [0.15, 0.2) is 18.0 Å². The van der Waals surface area contributed by atoms with Gasteiger partial charge in [-0.25, -0.2) is 9.59 Å². The minimum absolute atomic E-state index is 0.0435. The number of aryl methyl sites for hydroxylation is 1. The summed E-state index contributed by atoms with van der Waals surface area (Å²) >= 11 is 0. The van der Waals surface area contributed by atoms with Crippen molar-refractivity contribution in [2.75, 3.05) is 20.6 Å². The van der Waals surface area contributed by atoms with E-state index in [-0.39, 0.29) is 31.2 Å². The molecule has 18 heteroatoms. The normalized spacial score (nSPS) is 33.8. The molecule has 3 fully saturated rings. The van der Waals surface area contributed by atoms with Crippen LogP contribution >= 0.6 is 0 Å². The van der Waals surface area contributed by atoms with E-state index >= 15 is 0 Å². The van der Waals surface area contributed by atoms with Gasteiger partial charge in [-0.2, -0.15) is 5.10 Å². The molecule has 18 nitrogen and oxygen atoms in total.